The van der Waals surface area contributed by atoms with Crippen LogP contribution in [0.5, 0.6) is 0 Å². The van der Waals surface area contributed by atoms with Gasteiger partial charge in [0, 0.05) is 31.5 Å². The van der Waals surface area contributed by atoms with Crippen LogP contribution >= 0.6 is 0 Å². The third-order valence-electron chi connectivity index (χ3n) is 7.58. The molecule has 7 nitrogen and oxygen atoms in total. The summed E-state index contributed by atoms with van der Waals surface area (Å²) in [4.78, 5) is 31.7. The minimum Gasteiger partial charge on any atom is -0.478 e. The van der Waals surface area contributed by atoms with E-state index in [1.165, 1.54) is 0 Å². The summed E-state index contributed by atoms with van der Waals surface area (Å²) in [6, 6.07) is 30.9. The molecule has 0 saturated carbocycles. The standard InChI is InChI=1S/C36H36N4O3/c1-3-4-13-29-14-10-17-32(40(36(43)37-2)25-26-11-6-5-7-12-26)33(29)34-38-22-23-39(34)24-27-18-20-28(21-19-27)30-15-8-9-16-31(30)35(41)42/h5-12,14-23H,3-4,13,24-25H2,1-2H3,(H,37,43)(H,41,42). The van der Waals surface area contributed by atoms with Crippen LogP contribution in [-0.4, -0.2) is 33.7 Å². The molecule has 0 atom stereocenters. The summed E-state index contributed by atoms with van der Waals surface area (Å²) >= 11 is 0. The number of carbonyl (C=O) groups is 2. The van der Waals surface area contributed by atoms with Crippen molar-refractivity contribution >= 4 is 17.7 Å². The minimum absolute atomic E-state index is 0.187. The molecule has 0 aliphatic carbocycles. The van der Waals surface area contributed by atoms with E-state index in [2.05, 4.69) is 22.9 Å². The molecule has 1 heterocycles. The Kier molecular flexibility index (Phi) is 9.32. The topological polar surface area (TPSA) is 87.5 Å². The van der Waals surface area contributed by atoms with Crippen molar-refractivity contribution in [2.24, 2.45) is 0 Å². The van der Waals surface area contributed by atoms with Crippen LogP contribution in [0.15, 0.2) is 109 Å². The maximum Gasteiger partial charge on any atom is 0.336 e. The zero-order valence-electron chi connectivity index (χ0n) is 24.5. The number of unbranched alkanes of at least 4 members (excludes halogenated alkanes) is 1. The summed E-state index contributed by atoms with van der Waals surface area (Å²) in [5.41, 5.74) is 6.81. The third-order valence-corrected chi connectivity index (χ3v) is 7.58. The Morgan fingerprint density at radius 2 is 1.63 bits per heavy atom. The maximum atomic E-state index is 13.3. The van der Waals surface area contributed by atoms with Crippen LogP contribution < -0.4 is 10.2 Å². The number of rotatable bonds is 11. The first kappa shape index (κ1) is 29.3. The maximum absolute atomic E-state index is 13.3. The summed E-state index contributed by atoms with van der Waals surface area (Å²) in [6.07, 6.45) is 6.71. The number of aryl methyl sites for hydroxylation is 1. The first-order chi connectivity index (χ1) is 21.0. The van der Waals surface area contributed by atoms with Crippen molar-refractivity contribution < 1.29 is 14.7 Å². The highest BCUT2D eigenvalue weighted by Crippen LogP contribution is 2.36. The highest BCUT2D eigenvalue weighted by Gasteiger charge is 2.24. The van der Waals surface area contributed by atoms with Gasteiger partial charge in [0.25, 0.3) is 0 Å². The van der Waals surface area contributed by atoms with E-state index in [1.807, 2.05) is 85.1 Å². The van der Waals surface area contributed by atoms with Crippen LogP contribution in [0.25, 0.3) is 22.5 Å². The van der Waals surface area contributed by atoms with Crippen LogP contribution in [0.2, 0.25) is 0 Å². The normalized spacial score (nSPS) is 10.8. The smallest absolute Gasteiger partial charge is 0.336 e. The zero-order valence-corrected chi connectivity index (χ0v) is 24.5. The Bertz CT molecular complexity index is 1690. The predicted molar refractivity (Wildman–Crippen MR) is 171 cm³/mol. The number of nitrogens with zero attached hydrogens (tertiary/aromatic N) is 3. The van der Waals surface area contributed by atoms with E-state index in [9.17, 15) is 14.7 Å². The lowest BCUT2D eigenvalue weighted by atomic mass is 9.98. The van der Waals surface area contributed by atoms with Crippen molar-refractivity contribution in [3.63, 3.8) is 0 Å². The summed E-state index contributed by atoms with van der Waals surface area (Å²) in [7, 11) is 1.65. The average molecular weight is 573 g/mol. The molecular weight excluding hydrogens is 536 g/mol. The molecule has 2 amide bonds. The largest absolute Gasteiger partial charge is 0.478 e. The summed E-state index contributed by atoms with van der Waals surface area (Å²) in [5, 5.41) is 12.4. The first-order valence-electron chi connectivity index (χ1n) is 14.6. The Morgan fingerprint density at radius 3 is 2.35 bits per heavy atom. The van der Waals surface area contributed by atoms with Gasteiger partial charge in [-0.05, 0) is 52.8 Å². The summed E-state index contributed by atoms with van der Waals surface area (Å²) in [6.45, 7) is 3.16. The van der Waals surface area contributed by atoms with E-state index in [1.54, 1.807) is 30.3 Å². The molecule has 43 heavy (non-hydrogen) atoms. The molecule has 2 N–H and O–H groups in total. The van der Waals surface area contributed by atoms with Crippen molar-refractivity contribution in [1.82, 2.24) is 14.9 Å². The lowest BCUT2D eigenvalue weighted by Crippen LogP contribution is -2.38. The number of amides is 2. The van der Waals surface area contributed by atoms with E-state index in [0.29, 0.717) is 18.7 Å². The molecule has 7 heteroatoms. The van der Waals surface area contributed by atoms with Gasteiger partial charge in [0.2, 0.25) is 0 Å². The molecule has 1 aromatic heterocycles. The van der Waals surface area contributed by atoms with Crippen LogP contribution in [0.3, 0.4) is 0 Å². The molecule has 0 bridgehead atoms. The number of aromatic carboxylic acids is 1. The van der Waals surface area contributed by atoms with Gasteiger partial charge in [-0.15, -0.1) is 0 Å². The van der Waals surface area contributed by atoms with E-state index in [4.69, 9.17) is 4.98 Å². The van der Waals surface area contributed by atoms with Gasteiger partial charge in [0.15, 0.2) is 0 Å². The van der Waals surface area contributed by atoms with E-state index in [0.717, 1.165) is 58.6 Å². The summed E-state index contributed by atoms with van der Waals surface area (Å²) in [5.74, 6) is -0.151. The Hall–Kier alpha value is -5.17. The van der Waals surface area contributed by atoms with Gasteiger partial charge in [-0.2, -0.15) is 0 Å². The second-order valence-corrected chi connectivity index (χ2v) is 10.5. The van der Waals surface area contributed by atoms with Crippen LogP contribution in [0.4, 0.5) is 10.5 Å². The lowest BCUT2D eigenvalue weighted by Gasteiger charge is -2.27. The van der Waals surface area contributed by atoms with Gasteiger partial charge in [-0.25, -0.2) is 14.6 Å². The van der Waals surface area contributed by atoms with Crippen molar-refractivity contribution in [2.75, 3.05) is 11.9 Å². The van der Waals surface area contributed by atoms with Crippen molar-refractivity contribution in [1.29, 1.82) is 0 Å². The number of carboxylic acids is 1. The number of imidazole rings is 1. The highest BCUT2D eigenvalue weighted by molar-refractivity contribution is 5.97. The number of urea groups is 1. The van der Waals surface area contributed by atoms with E-state index < -0.39 is 5.97 Å². The monoisotopic (exact) mass is 572 g/mol. The number of hydrogen-bond acceptors (Lipinski definition) is 3. The highest BCUT2D eigenvalue weighted by atomic mass is 16.4. The minimum atomic E-state index is -0.946. The van der Waals surface area contributed by atoms with Crippen molar-refractivity contribution in [3.05, 3.63) is 132 Å². The number of hydrogen-bond donors (Lipinski definition) is 2. The number of benzene rings is 4. The SMILES string of the molecule is CCCCc1cccc(N(Cc2ccccc2)C(=O)NC)c1-c1nccn1Cc1ccc(-c2ccccc2C(=O)O)cc1. The molecule has 5 rings (SSSR count). The fourth-order valence-corrected chi connectivity index (χ4v) is 5.39. The number of anilines is 1. The van der Waals surface area contributed by atoms with Crippen LogP contribution in [-0.2, 0) is 19.5 Å². The zero-order chi connectivity index (χ0) is 30.2. The first-order valence-corrected chi connectivity index (χ1v) is 14.6. The van der Waals surface area contributed by atoms with Crippen molar-refractivity contribution in [3.8, 4) is 22.5 Å². The fourth-order valence-electron chi connectivity index (χ4n) is 5.39. The number of carboxylic acid groups (broad SMARTS) is 1. The van der Waals surface area contributed by atoms with Gasteiger partial charge in [-0.3, -0.25) is 4.90 Å². The Labute approximate surface area is 252 Å². The van der Waals surface area contributed by atoms with E-state index >= 15 is 0 Å². The second kappa shape index (κ2) is 13.7. The van der Waals surface area contributed by atoms with E-state index in [-0.39, 0.29) is 11.6 Å². The molecule has 0 aliphatic heterocycles. The molecule has 0 spiro atoms. The summed E-state index contributed by atoms with van der Waals surface area (Å²) < 4.78 is 2.11. The van der Waals surface area contributed by atoms with Gasteiger partial charge in [-0.1, -0.05) is 98.3 Å². The molecule has 0 unspecified atom stereocenters. The molecule has 0 radical (unpaired) electrons. The van der Waals surface area contributed by atoms with Gasteiger partial charge >= 0.3 is 12.0 Å². The molecular formula is C36H36N4O3. The third kappa shape index (κ3) is 6.67. The Balaban J connectivity index is 1.53. The van der Waals surface area contributed by atoms with Gasteiger partial charge < -0.3 is 15.0 Å². The predicted octanol–water partition coefficient (Wildman–Crippen LogP) is 7.65. The molecule has 4 aromatic carbocycles. The fraction of sp³-hybridized carbons (Fsp3) is 0.194. The second-order valence-electron chi connectivity index (χ2n) is 10.5. The molecule has 218 valence electrons. The van der Waals surface area contributed by atoms with Crippen LogP contribution in [0, 0.1) is 0 Å². The molecule has 0 fully saturated rings. The lowest BCUT2D eigenvalue weighted by molar-refractivity contribution is 0.0697. The number of carbonyl (C=O) groups excluding carboxylic acids is 1. The van der Waals surface area contributed by atoms with Crippen molar-refractivity contribution in [2.45, 2.75) is 39.3 Å². The molecule has 0 aliphatic rings. The van der Waals surface area contributed by atoms with Gasteiger partial charge in [0.1, 0.15) is 5.82 Å². The Morgan fingerprint density at radius 1 is 0.884 bits per heavy atom. The molecule has 5 aromatic rings. The number of nitrogens with one attached hydrogen (secondary N) is 1. The number of aromatic nitrogens is 2. The molecule has 0 saturated heterocycles. The average Bonchev–Trinajstić information content (AvgIpc) is 3.50. The van der Waals surface area contributed by atoms with Gasteiger partial charge in [0.05, 0.1) is 17.8 Å². The van der Waals surface area contributed by atoms with Crippen LogP contribution in [0.1, 0.15) is 46.8 Å². The quantitative estimate of drug-likeness (QED) is 0.170.